The van der Waals surface area contributed by atoms with Crippen molar-refractivity contribution in [3.8, 4) is 0 Å². The van der Waals surface area contributed by atoms with Gasteiger partial charge >= 0.3 is 0 Å². The van der Waals surface area contributed by atoms with E-state index in [9.17, 15) is 12.8 Å². The van der Waals surface area contributed by atoms with Crippen LogP contribution in [0.3, 0.4) is 0 Å². The van der Waals surface area contributed by atoms with Crippen LogP contribution in [-0.2, 0) is 10.0 Å². The molecule has 0 bridgehead atoms. The lowest BCUT2D eigenvalue weighted by molar-refractivity contribution is 0.309. The van der Waals surface area contributed by atoms with E-state index >= 15 is 0 Å². The summed E-state index contributed by atoms with van der Waals surface area (Å²) in [5, 5.41) is 0. The highest BCUT2D eigenvalue weighted by molar-refractivity contribution is 7.89. The van der Waals surface area contributed by atoms with E-state index in [1.54, 1.807) is 6.92 Å². The number of benzene rings is 1. The van der Waals surface area contributed by atoms with Crippen molar-refractivity contribution in [2.24, 2.45) is 5.73 Å². The second kappa shape index (κ2) is 7.15. The van der Waals surface area contributed by atoms with Crippen LogP contribution in [0.5, 0.6) is 0 Å². The molecule has 114 valence electrons. The minimum Gasteiger partial charge on any atom is -0.329 e. The number of nitrogens with zero attached hydrogens (tertiary/aromatic N) is 1. The van der Waals surface area contributed by atoms with Crippen molar-refractivity contribution < 1.29 is 12.8 Å². The maximum atomic E-state index is 13.1. The van der Waals surface area contributed by atoms with Gasteiger partial charge in [0.25, 0.3) is 0 Å². The Morgan fingerprint density at radius 3 is 2.35 bits per heavy atom. The molecule has 1 aromatic rings. The molecule has 1 aromatic carbocycles. The lowest BCUT2D eigenvalue weighted by Crippen LogP contribution is -2.42. The zero-order valence-corrected chi connectivity index (χ0v) is 13.1. The Morgan fingerprint density at radius 2 is 1.90 bits per heavy atom. The molecule has 1 rings (SSSR count). The number of halogens is 1. The van der Waals surface area contributed by atoms with Gasteiger partial charge < -0.3 is 5.73 Å². The third-order valence-corrected chi connectivity index (χ3v) is 5.53. The van der Waals surface area contributed by atoms with Gasteiger partial charge in [-0.1, -0.05) is 13.8 Å². The molecular formula is C14H23FN2O2S. The van der Waals surface area contributed by atoms with Gasteiger partial charge in [-0.3, -0.25) is 0 Å². The average molecular weight is 302 g/mol. The van der Waals surface area contributed by atoms with Crippen molar-refractivity contribution in [3.05, 3.63) is 29.6 Å². The van der Waals surface area contributed by atoms with Crippen LogP contribution in [0.2, 0.25) is 0 Å². The monoisotopic (exact) mass is 302 g/mol. The standard InChI is InChI=1S/C14H23FN2O2S/c1-4-13(5-2)17(9-8-16)20(18,19)14-7-6-12(15)10-11(14)3/h6-7,10,13H,4-5,8-9,16H2,1-3H3. The van der Waals surface area contributed by atoms with Gasteiger partial charge in [0.1, 0.15) is 5.82 Å². The summed E-state index contributed by atoms with van der Waals surface area (Å²) < 4.78 is 40.1. The first-order chi connectivity index (χ1) is 9.38. The number of sulfonamides is 1. The van der Waals surface area contributed by atoms with Crippen LogP contribution in [0, 0.1) is 12.7 Å². The Hall–Kier alpha value is -0.980. The van der Waals surface area contributed by atoms with Crippen LogP contribution < -0.4 is 5.73 Å². The van der Waals surface area contributed by atoms with Gasteiger partial charge in [0.15, 0.2) is 0 Å². The highest BCUT2D eigenvalue weighted by Gasteiger charge is 2.30. The van der Waals surface area contributed by atoms with Crippen molar-refractivity contribution in [1.29, 1.82) is 0 Å². The zero-order valence-electron chi connectivity index (χ0n) is 12.3. The average Bonchev–Trinajstić information content (AvgIpc) is 2.38. The minimum atomic E-state index is -3.65. The van der Waals surface area contributed by atoms with Crippen LogP contribution in [0.1, 0.15) is 32.3 Å². The number of nitrogens with two attached hydrogens (primary N) is 1. The molecule has 20 heavy (non-hydrogen) atoms. The van der Waals surface area contributed by atoms with Gasteiger partial charge in [-0.2, -0.15) is 4.31 Å². The van der Waals surface area contributed by atoms with Gasteiger partial charge in [-0.15, -0.1) is 0 Å². The van der Waals surface area contributed by atoms with Crippen LogP contribution in [-0.4, -0.2) is 31.9 Å². The third kappa shape index (κ3) is 3.56. The van der Waals surface area contributed by atoms with E-state index in [-0.39, 0.29) is 24.0 Å². The lowest BCUT2D eigenvalue weighted by Gasteiger charge is -2.29. The fraction of sp³-hybridized carbons (Fsp3) is 0.571. The summed E-state index contributed by atoms with van der Waals surface area (Å²) in [5.74, 6) is -0.436. The smallest absolute Gasteiger partial charge is 0.243 e. The van der Waals surface area contributed by atoms with Crippen LogP contribution in [0.25, 0.3) is 0 Å². The molecule has 0 saturated carbocycles. The number of rotatable bonds is 7. The number of hydrogen-bond acceptors (Lipinski definition) is 3. The Labute approximate surface area is 120 Å². The van der Waals surface area contributed by atoms with Crippen molar-refractivity contribution >= 4 is 10.0 Å². The van der Waals surface area contributed by atoms with Crippen LogP contribution in [0.15, 0.2) is 23.1 Å². The summed E-state index contributed by atoms with van der Waals surface area (Å²) in [4.78, 5) is 0.152. The topological polar surface area (TPSA) is 63.4 Å². The molecule has 0 spiro atoms. The Morgan fingerprint density at radius 1 is 1.30 bits per heavy atom. The summed E-state index contributed by atoms with van der Waals surface area (Å²) in [6, 6.07) is 3.65. The molecule has 0 amide bonds. The highest BCUT2D eigenvalue weighted by Crippen LogP contribution is 2.24. The molecule has 0 aliphatic carbocycles. The molecule has 0 aliphatic heterocycles. The van der Waals surface area contributed by atoms with E-state index in [2.05, 4.69) is 0 Å². The largest absolute Gasteiger partial charge is 0.329 e. The fourth-order valence-electron chi connectivity index (χ4n) is 2.35. The molecule has 0 aliphatic rings. The maximum Gasteiger partial charge on any atom is 0.243 e. The first-order valence-electron chi connectivity index (χ1n) is 6.86. The van der Waals surface area contributed by atoms with E-state index in [0.29, 0.717) is 5.56 Å². The van der Waals surface area contributed by atoms with E-state index in [4.69, 9.17) is 5.73 Å². The van der Waals surface area contributed by atoms with E-state index < -0.39 is 15.8 Å². The van der Waals surface area contributed by atoms with Gasteiger partial charge in [0.05, 0.1) is 4.90 Å². The first kappa shape index (κ1) is 17.1. The first-order valence-corrected chi connectivity index (χ1v) is 8.30. The molecule has 0 saturated heterocycles. The van der Waals surface area contributed by atoms with Crippen molar-refractivity contribution in [2.45, 2.75) is 44.6 Å². The molecule has 0 aromatic heterocycles. The predicted octanol–water partition coefficient (Wildman–Crippen LogP) is 2.27. The van der Waals surface area contributed by atoms with Crippen molar-refractivity contribution in [1.82, 2.24) is 4.31 Å². The normalized spacial score (nSPS) is 12.3. The summed E-state index contributed by atoms with van der Waals surface area (Å²) in [6.07, 6.45) is 1.44. The van der Waals surface area contributed by atoms with E-state index in [1.165, 1.54) is 22.5 Å². The van der Waals surface area contributed by atoms with Gasteiger partial charge in [0.2, 0.25) is 10.0 Å². The van der Waals surface area contributed by atoms with Gasteiger partial charge in [-0.25, -0.2) is 12.8 Å². The minimum absolute atomic E-state index is 0.0898. The number of aryl methyl sites for hydroxylation is 1. The number of hydrogen-bond donors (Lipinski definition) is 1. The molecule has 0 radical (unpaired) electrons. The molecule has 0 unspecified atom stereocenters. The molecular weight excluding hydrogens is 279 g/mol. The lowest BCUT2D eigenvalue weighted by atomic mass is 10.2. The highest BCUT2D eigenvalue weighted by atomic mass is 32.2. The van der Waals surface area contributed by atoms with Crippen LogP contribution >= 0.6 is 0 Å². The SMILES string of the molecule is CCC(CC)N(CCN)S(=O)(=O)c1ccc(F)cc1C. The summed E-state index contributed by atoms with van der Waals surface area (Å²) >= 11 is 0. The van der Waals surface area contributed by atoms with Crippen LogP contribution in [0.4, 0.5) is 4.39 Å². The molecule has 6 heteroatoms. The molecule has 0 fully saturated rings. The van der Waals surface area contributed by atoms with Crippen molar-refractivity contribution in [3.63, 3.8) is 0 Å². The quantitative estimate of drug-likeness (QED) is 0.840. The maximum absolute atomic E-state index is 13.1. The molecule has 0 heterocycles. The van der Waals surface area contributed by atoms with E-state index in [1.807, 2.05) is 13.8 Å². The van der Waals surface area contributed by atoms with Gasteiger partial charge in [0, 0.05) is 19.1 Å². The Kier molecular flexibility index (Phi) is 6.10. The second-order valence-corrected chi connectivity index (χ2v) is 6.64. The Bertz CT molecular complexity index is 542. The molecule has 4 nitrogen and oxygen atoms in total. The fourth-order valence-corrected chi connectivity index (χ4v) is 4.35. The zero-order chi connectivity index (χ0) is 15.3. The predicted molar refractivity (Wildman–Crippen MR) is 78.5 cm³/mol. The molecule has 2 N–H and O–H groups in total. The summed E-state index contributed by atoms with van der Waals surface area (Å²) in [7, 11) is -3.65. The Balaban J connectivity index is 3.28. The van der Waals surface area contributed by atoms with Gasteiger partial charge in [-0.05, 0) is 43.5 Å². The molecule has 0 atom stereocenters. The summed E-state index contributed by atoms with van der Waals surface area (Å²) in [5.41, 5.74) is 5.96. The van der Waals surface area contributed by atoms with E-state index in [0.717, 1.165) is 12.8 Å². The van der Waals surface area contributed by atoms with Crippen molar-refractivity contribution in [2.75, 3.05) is 13.1 Å². The third-order valence-electron chi connectivity index (χ3n) is 3.42. The second-order valence-electron chi connectivity index (χ2n) is 4.78. The summed E-state index contributed by atoms with van der Waals surface area (Å²) in [6.45, 7) is 6.03.